The van der Waals surface area contributed by atoms with Crippen molar-refractivity contribution in [3.63, 3.8) is 0 Å². The average Bonchev–Trinajstić information content (AvgIpc) is 3.32. The Bertz CT molecular complexity index is 445. The number of ether oxygens (including phenoxy) is 1. The molecular formula is C17H26N2O2. The predicted molar refractivity (Wildman–Crippen MR) is 83.9 cm³/mol. The van der Waals surface area contributed by atoms with E-state index in [9.17, 15) is 4.79 Å². The number of carbonyl (C=O) groups is 1. The third-order valence-electron chi connectivity index (χ3n) is 4.23. The summed E-state index contributed by atoms with van der Waals surface area (Å²) in [4.78, 5) is 14.6. The summed E-state index contributed by atoms with van der Waals surface area (Å²) in [6.07, 6.45) is 3.01. The highest BCUT2D eigenvalue weighted by Crippen LogP contribution is 2.35. The van der Waals surface area contributed by atoms with Crippen molar-refractivity contribution in [1.29, 1.82) is 0 Å². The minimum Gasteiger partial charge on any atom is -0.383 e. The first-order valence-electron chi connectivity index (χ1n) is 7.72. The standard InChI is InChI=1S/C17H26N2O2/c1-13(15-8-9-15)19(10-11-21-2)17(20)16(18)12-14-6-4-3-5-7-14/h3-7,13,15-16H,8-12,18H2,1-2H3. The number of nitrogens with two attached hydrogens (primary N) is 1. The van der Waals surface area contributed by atoms with Gasteiger partial charge in [0.25, 0.3) is 0 Å². The van der Waals surface area contributed by atoms with Crippen molar-refractivity contribution in [2.75, 3.05) is 20.3 Å². The van der Waals surface area contributed by atoms with E-state index in [1.807, 2.05) is 35.2 Å². The van der Waals surface area contributed by atoms with E-state index < -0.39 is 6.04 Å². The second-order valence-corrected chi connectivity index (χ2v) is 5.90. The summed E-state index contributed by atoms with van der Waals surface area (Å²) in [6, 6.07) is 9.72. The van der Waals surface area contributed by atoms with Gasteiger partial charge in [-0.3, -0.25) is 4.79 Å². The molecule has 0 bridgehead atoms. The van der Waals surface area contributed by atoms with Crippen molar-refractivity contribution in [2.24, 2.45) is 11.7 Å². The molecule has 1 aromatic rings. The number of methoxy groups -OCH3 is 1. The summed E-state index contributed by atoms with van der Waals surface area (Å²) in [5.41, 5.74) is 7.25. The molecule has 0 aromatic heterocycles. The lowest BCUT2D eigenvalue weighted by molar-refractivity contribution is -0.135. The lowest BCUT2D eigenvalue weighted by Crippen LogP contribution is -2.50. The van der Waals surface area contributed by atoms with Gasteiger partial charge in [-0.2, -0.15) is 0 Å². The zero-order valence-corrected chi connectivity index (χ0v) is 13.0. The molecule has 1 aromatic carbocycles. The summed E-state index contributed by atoms with van der Waals surface area (Å²) < 4.78 is 5.14. The van der Waals surface area contributed by atoms with Crippen LogP contribution in [0, 0.1) is 5.92 Å². The smallest absolute Gasteiger partial charge is 0.240 e. The molecule has 0 spiro atoms. The summed E-state index contributed by atoms with van der Waals surface area (Å²) in [5, 5.41) is 0. The van der Waals surface area contributed by atoms with Gasteiger partial charge >= 0.3 is 0 Å². The minimum absolute atomic E-state index is 0.0373. The summed E-state index contributed by atoms with van der Waals surface area (Å²) >= 11 is 0. The largest absolute Gasteiger partial charge is 0.383 e. The van der Waals surface area contributed by atoms with Crippen molar-refractivity contribution in [3.8, 4) is 0 Å². The first kappa shape index (κ1) is 16.0. The molecule has 2 rings (SSSR count). The Labute approximate surface area is 127 Å². The van der Waals surface area contributed by atoms with Gasteiger partial charge in [-0.15, -0.1) is 0 Å². The van der Waals surface area contributed by atoms with Crippen LogP contribution in [0.3, 0.4) is 0 Å². The molecule has 2 atom stereocenters. The van der Waals surface area contributed by atoms with Crippen LogP contribution < -0.4 is 5.73 Å². The molecule has 1 aliphatic rings. The van der Waals surface area contributed by atoms with Crippen LogP contribution in [-0.2, 0) is 16.0 Å². The second-order valence-electron chi connectivity index (χ2n) is 5.90. The molecule has 4 heteroatoms. The highest BCUT2D eigenvalue weighted by atomic mass is 16.5. The van der Waals surface area contributed by atoms with Crippen LogP contribution in [0.2, 0.25) is 0 Å². The molecule has 0 heterocycles. The van der Waals surface area contributed by atoms with Crippen molar-refractivity contribution >= 4 is 5.91 Å². The molecule has 1 saturated carbocycles. The number of amides is 1. The molecule has 1 amide bonds. The van der Waals surface area contributed by atoms with E-state index in [0.717, 1.165) is 5.56 Å². The number of rotatable bonds is 8. The zero-order valence-electron chi connectivity index (χ0n) is 13.0. The molecule has 0 aliphatic heterocycles. The highest BCUT2D eigenvalue weighted by Gasteiger charge is 2.35. The van der Waals surface area contributed by atoms with E-state index in [2.05, 4.69) is 6.92 Å². The minimum atomic E-state index is -0.481. The number of carbonyl (C=O) groups excluding carboxylic acids is 1. The van der Waals surface area contributed by atoms with Crippen LogP contribution in [0.1, 0.15) is 25.3 Å². The maximum absolute atomic E-state index is 12.7. The normalized spacial score (nSPS) is 17.3. The number of hydrogen-bond donors (Lipinski definition) is 1. The fourth-order valence-electron chi connectivity index (χ4n) is 2.71. The van der Waals surface area contributed by atoms with Crippen molar-refractivity contribution in [1.82, 2.24) is 4.90 Å². The van der Waals surface area contributed by atoms with Crippen LogP contribution in [0.15, 0.2) is 30.3 Å². The number of hydrogen-bond acceptors (Lipinski definition) is 3. The molecule has 0 radical (unpaired) electrons. The van der Waals surface area contributed by atoms with Crippen molar-refractivity contribution in [3.05, 3.63) is 35.9 Å². The van der Waals surface area contributed by atoms with E-state index in [1.165, 1.54) is 12.8 Å². The molecule has 0 saturated heterocycles. The van der Waals surface area contributed by atoms with E-state index in [1.54, 1.807) is 7.11 Å². The molecular weight excluding hydrogens is 264 g/mol. The highest BCUT2D eigenvalue weighted by molar-refractivity contribution is 5.82. The molecule has 116 valence electrons. The fourth-order valence-corrected chi connectivity index (χ4v) is 2.71. The zero-order chi connectivity index (χ0) is 15.2. The predicted octanol–water partition coefficient (Wildman–Crippen LogP) is 1.83. The quantitative estimate of drug-likeness (QED) is 0.794. The fraction of sp³-hybridized carbons (Fsp3) is 0.588. The Balaban J connectivity index is 1.98. The van der Waals surface area contributed by atoms with Crippen LogP contribution in [0.5, 0.6) is 0 Å². The van der Waals surface area contributed by atoms with Crippen molar-refractivity contribution < 1.29 is 9.53 Å². The maximum atomic E-state index is 12.7. The molecule has 2 N–H and O–H groups in total. The van der Waals surface area contributed by atoms with E-state index >= 15 is 0 Å². The Morgan fingerprint density at radius 3 is 2.62 bits per heavy atom. The summed E-state index contributed by atoms with van der Waals surface area (Å²) in [7, 11) is 1.66. The van der Waals surface area contributed by atoms with Gasteiger partial charge in [0.05, 0.1) is 12.6 Å². The number of benzene rings is 1. The Morgan fingerprint density at radius 1 is 1.38 bits per heavy atom. The van der Waals surface area contributed by atoms with Gasteiger partial charge in [-0.1, -0.05) is 30.3 Å². The Hall–Kier alpha value is -1.39. The van der Waals surface area contributed by atoms with E-state index in [-0.39, 0.29) is 11.9 Å². The van der Waals surface area contributed by atoms with E-state index in [0.29, 0.717) is 25.5 Å². The molecule has 2 unspecified atom stereocenters. The second kappa shape index (κ2) is 7.57. The topological polar surface area (TPSA) is 55.6 Å². The maximum Gasteiger partial charge on any atom is 0.240 e. The first-order valence-corrected chi connectivity index (χ1v) is 7.72. The van der Waals surface area contributed by atoms with Gasteiger partial charge in [0, 0.05) is 19.7 Å². The van der Waals surface area contributed by atoms with Gasteiger partial charge < -0.3 is 15.4 Å². The monoisotopic (exact) mass is 290 g/mol. The molecule has 1 fully saturated rings. The van der Waals surface area contributed by atoms with Crippen LogP contribution in [0.25, 0.3) is 0 Å². The van der Waals surface area contributed by atoms with Crippen LogP contribution in [-0.4, -0.2) is 43.2 Å². The third-order valence-corrected chi connectivity index (χ3v) is 4.23. The van der Waals surface area contributed by atoms with Crippen molar-refractivity contribution in [2.45, 2.75) is 38.3 Å². The average molecular weight is 290 g/mol. The number of nitrogens with zero attached hydrogens (tertiary/aromatic N) is 1. The SMILES string of the molecule is COCCN(C(=O)C(N)Cc1ccccc1)C(C)C1CC1. The molecule has 4 nitrogen and oxygen atoms in total. The van der Waals surface area contributed by atoms with Gasteiger partial charge in [-0.25, -0.2) is 0 Å². The van der Waals surface area contributed by atoms with Crippen LogP contribution >= 0.6 is 0 Å². The Morgan fingerprint density at radius 2 is 2.05 bits per heavy atom. The summed E-state index contributed by atoms with van der Waals surface area (Å²) in [6.45, 7) is 3.30. The summed E-state index contributed by atoms with van der Waals surface area (Å²) in [5.74, 6) is 0.671. The molecule has 1 aliphatic carbocycles. The Kier molecular flexibility index (Phi) is 5.76. The lowest BCUT2D eigenvalue weighted by atomic mass is 10.0. The van der Waals surface area contributed by atoms with Gasteiger partial charge in [-0.05, 0) is 37.7 Å². The van der Waals surface area contributed by atoms with Gasteiger partial charge in [0.15, 0.2) is 0 Å². The lowest BCUT2D eigenvalue weighted by Gasteiger charge is -2.31. The van der Waals surface area contributed by atoms with Crippen LogP contribution in [0.4, 0.5) is 0 Å². The van der Waals surface area contributed by atoms with E-state index in [4.69, 9.17) is 10.5 Å². The van der Waals surface area contributed by atoms with Gasteiger partial charge in [0.1, 0.15) is 0 Å². The van der Waals surface area contributed by atoms with Gasteiger partial charge in [0.2, 0.25) is 5.91 Å². The third kappa shape index (κ3) is 4.55. The molecule has 21 heavy (non-hydrogen) atoms. The first-order chi connectivity index (χ1) is 10.1.